The van der Waals surface area contributed by atoms with Crippen LogP contribution in [-0.2, 0) is 10.8 Å². The van der Waals surface area contributed by atoms with Gasteiger partial charge in [0, 0.05) is 0 Å². The van der Waals surface area contributed by atoms with Crippen molar-refractivity contribution >= 4 is 17.7 Å². The molecule has 1 aromatic carbocycles. The minimum atomic E-state index is -2.20. The summed E-state index contributed by atoms with van der Waals surface area (Å²) in [6.45, 7) is 20.4. The van der Waals surface area contributed by atoms with Crippen LogP contribution in [-0.4, -0.2) is 18.4 Å². The molecule has 0 amide bonds. The van der Waals surface area contributed by atoms with Gasteiger partial charge in [0.15, 0.2) is 0 Å². The predicted octanol–water partition coefficient (Wildman–Crippen LogP) is 5.70. The number of hydrogen-bond acceptors (Lipinski definition) is 1. The molecular formula is C20H36GeO. The summed E-state index contributed by atoms with van der Waals surface area (Å²) in [6.07, 6.45) is 0. The van der Waals surface area contributed by atoms with Gasteiger partial charge in [0.2, 0.25) is 0 Å². The summed E-state index contributed by atoms with van der Waals surface area (Å²) in [5, 5.41) is 14.8. The van der Waals surface area contributed by atoms with Gasteiger partial charge in [0.1, 0.15) is 0 Å². The first kappa shape index (κ1) is 19.6. The quantitative estimate of drug-likeness (QED) is 0.679. The molecule has 0 radical (unpaired) electrons. The molecule has 0 spiro atoms. The predicted molar refractivity (Wildman–Crippen MR) is 102 cm³/mol. The number of benzene rings is 1. The second-order valence-corrected chi connectivity index (χ2v) is 19.7. The van der Waals surface area contributed by atoms with Crippen molar-refractivity contribution in [2.45, 2.75) is 88.9 Å². The van der Waals surface area contributed by atoms with Gasteiger partial charge >= 0.3 is 141 Å². The fraction of sp³-hybridized carbons (Fsp3) is 0.700. The van der Waals surface area contributed by atoms with E-state index >= 15 is 0 Å². The van der Waals surface area contributed by atoms with Crippen molar-refractivity contribution < 1.29 is 5.11 Å². The van der Waals surface area contributed by atoms with Gasteiger partial charge in [0.05, 0.1) is 0 Å². The van der Waals surface area contributed by atoms with Gasteiger partial charge < -0.3 is 0 Å². The Morgan fingerprint density at radius 1 is 0.818 bits per heavy atom. The van der Waals surface area contributed by atoms with Crippen molar-refractivity contribution in [1.82, 2.24) is 0 Å². The molecule has 0 aromatic heterocycles. The van der Waals surface area contributed by atoms with Crippen molar-refractivity contribution in [3.63, 3.8) is 0 Å². The summed E-state index contributed by atoms with van der Waals surface area (Å²) >= 11 is -2.20. The average molecular weight is 365 g/mol. The molecule has 1 rings (SSSR count). The molecule has 1 aromatic rings. The molecule has 0 aliphatic heterocycles. The third-order valence-electron chi connectivity index (χ3n) is 5.39. The second kappa shape index (κ2) is 6.59. The first-order valence-electron chi connectivity index (χ1n) is 8.81. The van der Waals surface area contributed by atoms with Crippen LogP contribution in [0.25, 0.3) is 0 Å². The van der Waals surface area contributed by atoms with E-state index in [-0.39, 0.29) is 10.8 Å². The Balaban J connectivity index is 3.78. The molecule has 1 N–H and O–H groups in total. The van der Waals surface area contributed by atoms with Crippen molar-refractivity contribution in [1.29, 1.82) is 0 Å². The maximum absolute atomic E-state index is 11.1. The molecule has 22 heavy (non-hydrogen) atoms. The molecule has 1 nitrogen and oxygen atoms in total. The SMILES string of the molecule is C[CH2][Ge]([CH2]C)([CH2]C)[c]1cc(C(C)(C)C)cc(C(C)(C)C)c1O. The number of hydrogen-bond donors (Lipinski definition) is 1. The van der Waals surface area contributed by atoms with Crippen molar-refractivity contribution in [2.75, 3.05) is 0 Å². The zero-order valence-electron chi connectivity index (χ0n) is 16.2. The van der Waals surface area contributed by atoms with Crippen LogP contribution in [0.15, 0.2) is 12.1 Å². The standard InChI is InChI=1S/C20H36GeO/c1-10-21(11-2,12-3)17-14-15(19(4,5)6)13-16(18(17)22)20(7,8)9/h13-14,22H,10-12H2,1-9H3. The van der Waals surface area contributed by atoms with Crippen molar-refractivity contribution in [3.8, 4) is 5.75 Å². The monoisotopic (exact) mass is 366 g/mol. The van der Waals surface area contributed by atoms with Gasteiger partial charge in [-0.1, -0.05) is 0 Å². The summed E-state index contributed by atoms with van der Waals surface area (Å²) in [7, 11) is 0. The molecule has 0 saturated heterocycles. The van der Waals surface area contributed by atoms with Gasteiger partial charge in [-0.25, -0.2) is 0 Å². The molecule has 0 unspecified atom stereocenters. The van der Waals surface area contributed by atoms with Crippen LogP contribution in [0.5, 0.6) is 5.75 Å². The van der Waals surface area contributed by atoms with Gasteiger partial charge in [-0.2, -0.15) is 0 Å². The Hall–Kier alpha value is -0.437. The summed E-state index contributed by atoms with van der Waals surface area (Å²) < 4.78 is 1.34. The van der Waals surface area contributed by atoms with Crippen LogP contribution in [0.2, 0.25) is 15.8 Å². The Kier molecular flexibility index (Phi) is 5.87. The van der Waals surface area contributed by atoms with E-state index in [9.17, 15) is 5.11 Å². The summed E-state index contributed by atoms with van der Waals surface area (Å²) in [6, 6.07) is 4.59. The van der Waals surface area contributed by atoms with E-state index in [0.29, 0.717) is 5.75 Å². The molecule has 0 bridgehead atoms. The topological polar surface area (TPSA) is 20.2 Å². The average Bonchev–Trinajstić information content (AvgIpc) is 2.40. The Morgan fingerprint density at radius 3 is 1.59 bits per heavy atom. The molecule has 0 heterocycles. The van der Waals surface area contributed by atoms with Crippen LogP contribution in [0, 0.1) is 0 Å². The van der Waals surface area contributed by atoms with E-state index in [1.54, 1.807) is 0 Å². The number of rotatable bonds is 4. The van der Waals surface area contributed by atoms with E-state index in [2.05, 4.69) is 74.4 Å². The minimum absolute atomic E-state index is 0.0245. The summed E-state index contributed by atoms with van der Waals surface area (Å²) in [4.78, 5) is 0. The number of phenolic OH excluding ortho intramolecular Hbond substituents is 1. The van der Waals surface area contributed by atoms with Crippen molar-refractivity contribution in [3.05, 3.63) is 23.3 Å². The van der Waals surface area contributed by atoms with Crippen LogP contribution < -0.4 is 4.40 Å². The Labute approximate surface area is 140 Å². The van der Waals surface area contributed by atoms with E-state index in [1.807, 2.05) is 0 Å². The number of aromatic hydroxyl groups is 1. The van der Waals surface area contributed by atoms with Crippen LogP contribution in [0.1, 0.15) is 73.4 Å². The second-order valence-electron chi connectivity index (χ2n) is 8.76. The summed E-state index contributed by atoms with van der Waals surface area (Å²) in [5.74, 6) is 0.603. The van der Waals surface area contributed by atoms with E-state index in [1.165, 1.54) is 25.7 Å². The normalized spacial score (nSPS) is 13.5. The van der Waals surface area contributed by atoms with Crippen LogP contribution in [0.4, 0.5) is 0 Å². The molecule has 2 heteroatoms. The van der Waals surface area contributed by atoms with Gasteiger partial charge in [-0.05, 0) is 0 Å². The van der Waals surface area contributed by atoms with Gasteiger partial charge in [0.25, 0.3) is 0 Å². The maximum atomic E-state index is 11.1. The van der Waals surface area contributed by atoms with E-state index in [4.69, 9.17) is 0 Å². The summed E-state index contributed by atoms with van der Waals surface area (Å²) in [5.41, 5.74) is 2.59. The fourth-order valence-corrected chi connectivity index (χ4v) is 11.2. The molecule has 126 valence electrons. The third kappa shape index (κ3) is 3.72. The molecule has 0 atom stereocenters. The molecule has 0 aliphatic rings. The fourth-order valence-electron chi connectivity index (χ4n) is 3.36. The molecular weight excluding hydrogens is 329 g/mol. The van der Waals surface area contributed by atoms with Crippen LogP contribution >= 0.6 is 0 Å². The first-order valence-corrected chi connectivity index (χ1v) is 14.3. The van der Waals surface area contributed by atoms with Crippen molar-refractivity contribution in [2.24, 2.45) is 0 Å². The third-order valence-corrected chi connectivity index (χ3v) is 17.1. The first-order chi connectivity index (χ1) is 9.93. The van der Waals surface area contributed by atoms with E-state index in [0.717, 1.165) is 5.56 Å². The zero-order chi connectivity index (χ0) is 17.3. The Bertz CT molecular complexity index is 505. The molecule has 0 saturated carbocycles. The number of phenols is 1. The zero-order valence-corrected chi connectivity index (χ0v) is 18.3. The van der Waals surface area contributed by atoms with Gasteiger partial charge in [-0.15, -0.1) is 0 Å². The molecule has 0 fully saturated rings. The van der Waals surface area contributed by atoms with Crippen LogP contribution in [0.3, 0.4) is 0 Å². The van der Waals surface area contributed by atoms with Gasteiger partial charge in [-0.3, -0.25) is 0 Å². The molecule has 0 aliphatic carbocycles. The Morgan fingerprint density at radius 2 is 1.27 bits per heavy atom. The van der Waals surface area contributed by atoms with E-state index < -0.39 is 13.3 Å².